The summed E-state index contributed by atoms with van der Waals surface area (Å²) in [6.07, 6.45) is 4.89. The van der Waals surface area contributed by atoms with Crippen LogP contribution < -0.4 is 10.6 Å². The zero-order chi connectivity index (χ0) is 20.0. The van der Waals surface area contributed by atoms with Crippen LogP contribution in [0.25, 0.3) is 0 Å². The van der Waals surface area contributed by atoms with Gasteiger partial charge in [0.25, 0.3) is 0 Å². The third-order valence-corrected chi connectivity index (χ3v) is 5.34. The second-order valence-electron chi connectivity index (χ2n) is 7.64. The zero-order valence-electron chi connectivity index (χ0n) is 16.7. The van der Waals surface area contributed by atoms with Crippen molar-refractivity contribution >= 4 is 17.5 Å². The van der Waals surface area contributed by atoms with Crippen LogP contribution in [0.4, 0.5) is 5.69 Å². The molecular weight excluding hydrogens is 344 g/mol. The van der Waals surface area contributed by atoms with E-state index < -0.39 is 5.54 Å². The first-order valence-electron chi connectivity index (χ1n) is 9.55. The van der Waals surface area contributed by atoms with E-state index in [-0.39, 0.29) is 30.2 Å². The molecule has 8 nitrogen and oxygen atoms in total. The summed E-state index contributed by atoms with van der Waals surface area (Å²) in [6.45, 7) is 9.95. The molecule has 2 rings (SSSR count). The molecule has 1 saturated heterocycles. The van der Waals surface area contributed by atoms with E-state index in [2.05, 4.69) is 21.8 Å². The van der Waals surface area contributed by atoms with E-state index in [1.807, 2.05) is 31.9 Å². The Hall–Kier alpha value is -2.40. The maximum absolute atomic E-state index is 12.4. The Morgan fingerprint density at radius 2 is 2.07 bits per heavy atom. The summed E-state index contributed by atoms with van der Waals surface area (Å²) in [5.74, 6) is -0.179. The summed E-state index contributed by atoms with van der Waals surface area (Å²) in [5.41, 5.74) is -0.147. The fourth-order valence-electron chi connectivity index (χ4n) is 3.03. The van der Waals surface area contributed by atoms with Crippen LogP contribution in [0.15, 0.2) is 12.4 Å². The molecule has 0 saturated carbocycles. The summed E-state index contributed by atoms with van der Waals surface area (Å²) >= 11 is 0. The fourth-order valence-corrected chi connectivity index (χ4v) is 3.03. The largest absolute Gasteiger partial charge is 0.337 e. The van der Waals surface area contributed by atoms with E-state index in [0.717, 1.165) is 6.54 Å². The third kappa shape index (κ3) is 5.54. The van der Waals surface area contributed by atoms with Gasteiger partial charge in [0.15, 0.2) is 0 Å². The molecule has 0 spiro atoms. The van der Waals surface area contributed by atoms with E-state index in [0.29, 0.717) is 31.6 Å². The molecule has 1 aromatic rings. The third-order valence-electron chi connectivity index (χ3n) is 5.34. The quantitative estimate of drug-likeness (QED) is 0.755. The number of aromatic nitrogens is 2. The van der Waals surface area contributed by atoms with Crippen LogP contribution >= 0.6 is 0 Å². The first-order valence-corrected chi connectivity index (χ1v) is 9.55. The number of carbonyl (C=O) groups is 2. The van der Waals surface area contributed by atoms with E-state index in [9.17, 15) is 14.9 Å². The number of amides is 2. The zero-order valence-corrected chi connectivity index (χ0v) is 16.7. The predicted molar refractivity (Wildman–Crippen MR) is 103 cm³/mol. The fraction of sp³-hybridized carbons (Fsp3) is 0.684. The number of aryl methyl sites for hydroxylation is 1. The molecule has 2 amide bonds. The Morgan fingerprint density at radius 1 is 1.41 bits per heavy atom. The minimum atomic E-state index is -0.863. The van der Waals surface area contributed by atoms with Crippen molar-refractivity contribution in [3.05, 3.63) is 12.4 Å². The summed E-state index contributed by atoms with van der Waals surface area (Å²) in [5, 5.41) is 19.2. The van der Waals surface area contributed by atoms with Crippen LogP contribution in [-0.4, -0.2) is 51.7 Å². The van der Waals surface area contributed by atoms with Crippen LogP contribution in [-0.2, 0) is 16.1 Å². The van der Waals surface area contributed by atoms with Gasteiger partial charge in [0.05, 0.1) is 24.5 Å². The summed E-state index contributed by atoms with van der Waals surface area (Å²) in [4.78, 5) is 26.7. The monoisotopic (exact) mass is 374 g/mol. The van der Waals surface area contributed by atoms with Gasteiger partial charge in [-0.1, -0.05) is 13.8 Å². The number of carbonyl (C=O) groups excluding carboxylic acids is 2. The van der Waals surface area contributed by atoms with Crippen molar-refractivity contribution in [3.63, 3.8) is 0 Å². The number of hydrogen-bond donors (Lipinski definition) is 2. The van der Waals surface area contributed by atoms with Gasteiger partial charge in [0.1, 0.15) is 5.54 Å². The van der Waals surface area contributed by atoms with Crippen molar-refractivity contribution in [1.82, 2.24) is 20.0 Å². The van der Waals surface area contributed by atoms with Crippen molar-refractivity contribution in [2.45, 2.75) is 52.6 Å². The van der Waals surface area contributed by atoms with Gasteiger partial charge >= 0.3 is 0 Å². The van der Waals surface area contributed by atoms with Crippen LogP contribution in [0, 0.1) is 23.2 Å². The normalized spacial score (nSPS) is 17.9. The lowest BCUT2D eigenvalue weighted by Gasteiger charge is -2.32. The lowest BCUT2D eigenvalue weighted by atomic mass is 9.90. The molecule has 148 valence electrons. The summed E-state index contributed by atoms with van der Waals surface area (Å²) in [7, 11) is 0. The molecule has 1 atom stereocenters. The topological polar surface area (TPSA) is 103 Å². The van der Waals surface area contributed by atoms with Gasteiger partial charge in [-0.05, 0) is 45.7 Å². The summed E-state index contributed by atoms with van der Waals surface area (Å²) < 4.78 is 1.77. The van der Waals surface area contributed by atoms with Crippen molar-refractivity contribution in [2.75, 3.05) is 25.0 Å². The smallest absolute Gasteiger partial charge is 0.235 e. The number of likely N-dealkylation sites (tertiary alicyclic amines) is 1. The molecule has 0 bridgehead atoms. The first-order chi connectivity index (χ1) is 12.8. The van der Waals surface area contributed by atoms with Gasteiger partial charge in [-0.2, -0.15) is 10.4 Å². The maximum Gasteiger partial charge on any atom is 0.235 e. The number of hydrogen-bond acceptors (Lipinski definition) is 5. The average Bonchev–Trinajstić information content (AvgIpc) is 3.09. The van der Waals surface area contributed by atoms with Crippen molar-refractivity contribution in [2.24, 2.45) is 11.8 Å². The molecular formula is C19H30N6O2. The first kappa shape index (κ1) is 20.9. The number of anilines is 1. The highest BCUT2D eigenvalue weighted by atomic mass is 16.2. The molecule has 8 heteroatoms. The van der Waals surface area contributed by atoms with E-state index in [4.69, 9.17) is 0 Å². The molecule has 0 aromatic carbocycles. The van der Waals surface area contributed by atoms with Crippen LogP contribution in [0.3, 0.4) is 0 Å². The van der Waals surface area contributed by atoms with Gasteiger partial charge in [-0.15, -0.1) is 0 Å². The van der Waals surface area contributed by atoms with Gasteiger partial charge < -0.3 is 10.6 Å². The van der Waals surface area contributed by atoms with Crippen LogP contribution in [0.1, 0.15) is 40.5 Å². The minimum Gasteiger partial charge on any atom is -0.337 e. The van der Waals surface area contributed by atoms with Crippen LogP contribution in [0.5, 0.6) is 0 Å². The lowest BCUT2D eigenvalue weighted by Crippen LogP contribution is -2.52. The molecule has 2 N–H and O–H groups in total. The molecule has 1 aliphatic heterocycles. The van der Waals surface area contributed by atoms with Gasteiger partial charge in [0.2, 0.25) is 11.8 Å². The van der Waals surface area contributed by atoms with E-state index in [1.165, 1.54) is 0 Å². The Morgan fingerprint density at radius 3 is 2.59 bits per heavy atom. The Bertz CT molecular complexity index is 699. The molecule has 1 aromatic heterocycles. The Kier molecular flexibility index (Phi) is 6.97. The number of nitrogens with zero attached hydrogens (tertiary/aromatic N) is 4. The number of nitrogens with one attached hydrogen (secondary N) is 2. The predicted octanol–water partition coefficient (Wildman–Crippen LogP) is 1.61. The summed E-state index contributed by atoms with van der Waals surface area (Å²) in [6, 6.07) is 2.19. The Balaban J connectivity index is 1.78. The molecule has 2 heterocycles. The highest BCUT2D eigenvalue weighted by molar-refractivity contribution is 5.92. The highest BCUT2D eigenvalue weighted by Crippen LogP contribution is 2.20. The number of rotatable bonds is 7. The number of nitriles is 1. The van der Waals surface area contributed by atoms with Crippen LogP contribution in [0.2, 0.25) is 0 Å². The van der Waals surface area contributed by atoms with Gasteiger partial charge in [-0.3, -0.25) is 19.2 Å². The molecule has 1 unspecified atom stereocenters. The molecule has 1 fully saturated rings. The van der Waals surface area contributed by atoms with Gasteiger partial charge in [0, 0.05) is 18.7 Å². The molecule has 1 aliphatic rings. The maximum atomic E-state index is 12.4. The van der Waals surface area contributed by atoms with Crippen molar-refractivity contribution in [1.29, 1.82) is 5.26 Å². The second kappa shape index (κ2) is 9.00. The van der Waals surface area contributed by atoms with E-state index in [1.54, 1.807) is 17.8 Å². The molecule has 0 radical (unpaired) electrons. The van der Waals surface area contributed by atoms with Crippen molar-refractivity contribution in [3.8, 4) is 6.07 Å². The van der Waals surface area contributed by atoms with Gasteiger partial charge in [-0.25, -0.2) is 0 Å². The lowest BCUT2D eigenvalue weighted by molar-refractivity contribution is -0.124. The SMILES string of the molecule is CCn1cc(NC(=O)C2CCN(CC(=O)NC(C)(C#N)C(C)C)CC2)cn1. The highest BCUT2D eigenvalue weighted by Gasteiger charge is 2.31. The second-order valence-corrected chi connectivity index (χ2v) is 7.64. The van der Waals surface area contributed by atoms with Crippen molar-refractivity contribution < 1.29 is 9.59 Å². The minimum absolute atomic E-state index is 0.00613. The average molecular weight is 374 g/mol. The number of piperidine rings is 1. The molecule has 0 aliphatic carbocycles. The standard InChI is InChI=1S/C19H30N6O2/c1-5-25-11-16(10-21-25)22-18(27)15-6-8-24(9-7-15)12-17(26)23-19(4,13-20)14(2)3/h10-11,14-15H,5-9,12H2,1-4H3,(H,22,27)(H,23,26). The molecule has 27 heavy (non-hydrogen) atoms. The Labute approximate surface area is 160 Å². The van der Waals surface area contributed by atoms with E-state index >= 15 is 0 Å².